The SMILES string of the molecule is Cc1ccc2nc(-c3cccc(NC(=O)C4CC4)c3)cn2c1. The minimum Gasteiger partial charge on any atom is -0.326 e. The lowest BCUT2D eigenvalue weighted by Crippen LogP contribution is -2.13. The van der Waals surface area contributed by atoms with E-state index in [9.17, 15) is 4.79 Å². The number of rotatable bonds is 3. The predicted octanol–water partition coefficient (Wildman–Crippen LogP) is 3.66. The molecule has 4 heteroatoms. The summed E-state index contributed by atoms with van der Waals surface area (Å²) in [6, 6.07) is 11.9. The maximum Gasteiger partial charge on any atom is 0.227 e. The normalized spacial score (nSPS) is 14.2. The maximum absolute atomic E-state index is 11.9. The van der Waals surface area contributed by atoms with Gasteiger partial charge in [-0.3, -0.25) is 4.79 Å². The van der Waals surface area contributed by atoms with Gasteiger partial charge >= 0.3 is 0 Å². The lowest BCUT2D eigenvalue weighted by molar-refractivity contribution is -0.117. The van der Waals surface area contributed by atoms with Crippen LogP contribution >= 0.6 is 0 Å². The van der Waals surface area contributed by atoms with Crippen LogP contribution in [0.1, 0.15) is 18.4 Å². The van der Waals surface area contributed by atoms with Gasteiger partial charge in [0, 0.05) is 29.6 Å². The Bertz CT molecular complexity index is 862. The first-order chi connectivity index (χ1) is 10.7. The van der Waals surface area contributed by atoms with Crippen molar-refractivity contribution in [2.75, 3.05) is 5.32 Å². The Hall–Kier alpha value is -2.62. The quantitative estimate of drug-likeness (QED) is 0.800. The standard InChI is InChI=1S/C18H17N3O/c1-12-5-8-17-20-16(11-21(17)10-12)14-3-2-4-15(9-14)19-18(22)13-6-7-13/h2-5,8-11,13H,6-7H2,1H3,(H,19,22). The molecule has 1 aliphatic rings. The number of aromatic nitrogens is 2. The lowest BCUT2D eigenvalue weighted by atomic mass is 10.1. The number of amides is 1. The van der Waals surface area contributed by atoms with Crippen molar-refractivity contribution in [3.8, 4) is 11.3 Å². The first-order valence-corrected chi connectivity index (χ1v) is 7.56. The lowest BCUT2D eigenvalue weighted by Gasteiger charge is -2.05. The minimum absolute atomic E-state index is 0.128. The van der Waals surface area contributed by atoms with Gasteiger partial charge in [-0.15, -0.1) is 0 Å². The number of hydrogen-bond donors (Lipinski definition) is 1. The molecule has 1 saturated carbocycles. The van der Waals surface area contributed by atoms with E-state index < -0.39 is 0 Å². The summed E-state index contributed by atoms with van der Waals surface area (Å²) in [6.07, 6.45) is 6.10. The molecule has 1 N–H and O–H groups in total. The molecule has 0 unspecified atom stereocenters. The van der Waals surface area contributed by atoms with Gasteiger partial charge in [-0.05, 0) is 43.5 Å². The van der Waals surface area contributed by atoms with Gasteiger partial charge in [-0.1, -0.05) is 18.2 Å². The molecule has 0 atom stereocenters. The highest BCUT2D eigenvalue weighted by atomic mass is 16.2. The molecule has 0 saturated heterocycles. The summed E-state index contributed by atoms with van der Waals surface area (Å²) in [6.45, 7) is 2.06. The molecule has 110 valence electrons. The topological polar surface area (TPSA) is 46.4 Å². The van der Waals surface area contributed by atoms with Crippen molar-refractivity contribution in [1.82, 2.24) is 9.38 Å². The van der Waals surface area contributed by atoms with Crippen LogP contribution in [0, 0.1) is 12.8 Å². The van der Waals surface area contributed by atoms with Crippen molar-refractivity contribution in [3.05, 3.63) is 54.4 Å². The minimum atomic E-state index is 0.128. The van der Waals surface area contributed by atoms with Crippen LogP contribution in [0.5, 0.6) is 0 Å². The monoisotopic (exact) mass is 291 g/mol. The third-order valence-corrected chi connectivity index (χ3v) is 3.97. The molecule has 1 amide bonds. The molecule has 1 aliphatic carbocycles. The highest BCUT2D eigenvalue weighted by Gasteiger charge is 2.29. The van der Waals surface area contributed by atoms with E-state index in [0.717, 1.165) is 35.4 Å². The molecular formula is C18H17N3O. The van der Waals surface area contributed by atoms with Crippen LogP contribution in [0.15, 0.2) is 48.8 Å². The van der Waals surface area contributed by atoms with E-state index in [-0.39, 0.29) is 11.8 Å². The summed E-state index contributed by atoms with van der Waals surface area (Å²) >= 11 is 0. The molecule has 1 aromatic carbocycles. The second-order valence-corrected chi connectivity index (χ2v) is 5.94. The van der Waals surface area contributed by atoms with Crippen molar-refractivity contribution >= 4 is 17.2 Å². The van der Waals surface area contributed by atoms with Gasteiger partial charge < -0.3 is 9.72 Å². The van der Waals surface area contributed by atoms with Crippen LogP contribution in [-0.4, -0.2) is 15.3 Å². The average molecular weight is 291 g/mol. The van der Waals surface area contributed by atoms with Crippen molar-refractivity contribution in [2.45, 2.75) is 19.8 Å². The van der Waals surface area contributed by atoms with E-state index in [1.165, 1.54) is 5.56 Å². The van der Waals surface area contributed by atoms with Gasteiger partial charge in [-0.25, -0.2) is 4.98 Å². The average Bonchev–Trinajstić information content (AvgIpc) is 3.27. The Balaban J connectivity index is 1.66. The summed E-state index contributed by atoms with van der Waals surface area (Å²) in [5, 5.41) is 2.98. The van der Waals surface area contributed by atoms with Gasteiger partial charge in [0.2, 0.25) is 5.91 Å². The first-order valence-electron chi connectivity index (χ1n) is 7.56. The maximum atomic E-state index is 11.9. The zero-order chi connectivity index (χ0) is 15.1. The molecule has 0 aliphatic heterocycles. The molecule has 0 radical (unpaired) electrons. The van der Waals surface area contributed by atoms with Crippen LogP contribution < -0.4 is 5.32 Å². The van der Waals surface area contributed by atoms with E-state index in [4.69, 9.17) is 0 Å². The molecule has 4 rings (SSSR count). The number of nitrogens with one attached hydrogen (secondary N) is 1. The Morgan fingerprint density at radius 1 is 1.23 bits per heavy atom. The van der Waals surface area contributed by atoms with Crippen LogP contribution in [0.4, 0.5) is 5.69 Å². The van der Waals surface area contributed by atoms with Crippen LogP contribution in [0.25, 0.3) is 16.9 Å². The van der Waals surface area contributed by atoms with Gasteiger partial charge in [0.25, 0.3) is 0 Å². The summed E-state index contributed by atoms with van der Waals surface area (Å²) in [4.78, 5) is 16.5. The zero-order valence-corrected chi connectivity index (χ0v) is 12.4. The highest BCUT2D eigenvalue weighted by molar-refractivity contribution is 5.94. The fourth-order valence-corrected chi connectivity index (χ4v) is 2.59. The van der Waals surface area contributed by atoms with E-state index in [2.05, 4.69) is 29.5 Å². The molecule has 4 nitrogen and oxygen atoms in total. The van der Waals surface area contributed by atoms with Crippen LogP contribution in [0.3, 0.4) is 0 Å². The van der Waals surface area contributed by atoms with Gasteiger partial charge in [-0.2, -0.15) is 0 Å². The molecule has 22 heavy (non-hydrogen) atoms. The molecule has 2 heterocycles. The number of hydrogen-bond acceptors (Lipinski definition) is 2. The number of pyridine rings is 1. The molecular weight excluding hydrogens is 274 g/mol. The summed E-state index contributed by atoms with van der Waals surface area (Å²) in [5.41, 5.74) is 4.88. The number of benzene rings is 1. The second kappa shape index (κ2) is 4.98. The first kappa shape index (κ1) is 13.1. The number of fused-ring (bicyclic) bond motifs is 1. The highest BCUT2D eigenvalue weighted by Crippen LogP contribution is 2.30. The fourth-order valence-electron chi connectivity index (χ4n) is 2.59. The van der Waals surface area contributed by atoms with Crippen LogP contribution in [0.2, 0.25) is 0 Å². The Morgan fingerprint density at radius 3 is 2.91 bits per heavy atom. The smallest absolute Gasteiger partial charge is 0.227 e. The number of carbonyl (C=O) groups excluding carboxylic acids is 1. The van der Waals surface area contributed by atoms with Gasteiger partial charge in [0.1, 0.15) is 5.65 Å². The number of nitrogens with zero attached hydrogens (tertiary/aromatic N) is 2. The molecule has 1 fully saturated rings. The number of anilines is 1. The predicted molar refractivity (Wildman–Crippen MR) is 86.7 cm³/mol. The van der Waals surface area contributed by atoms with Crippen molar-refractivity contribution in [3.63, 3.8) is 0 Å². The Morgan fingerprint density at radius 2 is 2.09 bits per heavy atom. The van der Waals surface area contributed by atoms with E-state index >= 15 is 0 Å². The van der Waals surface area contributed by atoms with Crippen molar-refractivity contribution in [2.24, 2.45) is 5.92 Å². The number of imidazole rings is 1. The molecule has 0 bridgehead atoms. The van der Waals surface area contributed by atoms with Crippen molar-refractivity contribution in [1.29, 1.82) is 0 Å². The summed E-state index contributed by atoms with van der Waals surface area (Å²) < 4.78 is 2.03. The summed E-state index contributed by atoms with van der Waals surface area (Å²) in [5.74, 6) is 0.338. The third-order valence-electron chi connectivity index (χ3n) is 3.97. The number of aryl methyl sites for hydroxylation is 1. The van der Waals surface area contributed by atoms with Gasteiger partial charge in [0.15, 0.2) is 0 Å². The third kappa shape index (κ3) is 2.48. The van der Waals surface area contributed by atoms with Crippen LogP contribution in [-0.2, 0) is 4.79 Å². The van der Waals surface area contributed by atoms with E-state index in [0.29, 0.717) is 0 Å². The second-order valence-electron chi connectivity index (χ2n) is 5.94. The number of carbonyl (C=O) groups is 1. The zero-order valence-electron chi connectivity index (χ0n) is 12.4. The summed E-state index contributed by atoms with van der Waals surface area (Å²) in [7, 11) is 0. The molecule has 0 spiro atoms. The largest absolute Gasteiger partial charge is 0.326 e. The van der Waals surface area contributed by atoms with E-state index in [1.807, 2.05) is 40.9 Å². The molecule has 2 aromatic heterocycles. The van der Waals surface area contributed by atoms with E-state index in [1.54, 1.807) is 0 Å². The Kier molecular flexibility index (Phi) is 2.96. The van der Waals surface area contributed by atoms with Crippen molar-refractivity contribution < 1.29 is 4.79 Å². The Labute approximate surface area is 128 Å². The van der Waals surface area contributed by atoms with Gasteiger partial charge in [0.05, 0.1) is 5.69 Å². The fraction of sp³-hybridized carbons (Fsp3) is 0.222. The molecule has 3 aromatic rings.